The molecule has 1 aliphatic heterocycles. The highest BCUT2D eigenvalue weighted by Gasteiger charge is 2.36. The molecule has 0 bridgehead atoms. The van der Waals surface area contributed by atoms with Crippen LogP contribution >= 0.6 is 0 Å². The second kappa shape index (κ2) is 5.43. The first-order valence-electron chi connectivity index (χ1n) is 7.31. The zero-order chi connectivity index (χ0) is 13.1. The van der Waals surface area contributed by atoms with Gasteiger partial charge in [0.15, 0.2) is 0 Å². The number of hydrogen-bond donors (Lipinski definition) is 2. The van der Waals surface area contributed by atoms with Crippen molar-refractivity contribution in [2.45, 2.75) is 45.1 Å². The molecular weight excluding hydrogens is 238 g/mol. The van der Waals surface area contributed by atoms with Crippen molar-refractivity contribution in [3.05, 3.63) is 18.0 Å². The number of hydrogen-bond acceptors (Lipinski definition) is 5. The van der Waals surface area contributed by atoms with Gasteiger partial charge in [0.2, 0.25) is 5.95 Å². The Labute approximate surface area is 114 Å². The summed E-state index contributed by atoms with van der Waals surface area (Å²) in [6, 6.07) is 1.97. The Hall–Kier alpha value is -1.20. The molecule has 5 nitrogen and oxygen atoms in total. The lowest BCUT2D eigenvalue weighted by Gasteiger charge is -2.39. The van der Waals surface area contributed by atoms with Gasteiger partial charge in [-0.3, -0.25) is 10.3 Å². The molecule has 1 saturated heterocycles. The summed E-state index contributed by atoms with van der Waals surface area (Å²) in [6.45, 7) is 3.32. The van der Waals surface area contributed by atoms with Crippen LogP contribution in [-0.2, 0) is 6.54 Å². The summed E-state index contributed by atoms with van der Waals surface area (Å²) in [5.41, 5.74) is 4.24. The van der Waals surface area contributed by atoms with Crippen LogP contribution in [0.15, 0.2) is 12.3 Å². The zero-order valence-corrected chi connectivity index (χ0v) is 11.4. The highest BCUT2D eigenvalue weighted by molar-refractivity contribution is 5.22. The summed E-state index contributed by atoms with van der Waals surface area (Å²) >= 11 is 0. The second-order valence-corrected chi connectivity index (χ2v) is 6.00. The number of aromatic nitrogens is 2. The number of piperidine rings is 1. The van der Waals surface area contributed by atoms with E-state index in [9.17, 15) is 0 Å². The zero-order valence-electron chi connectivity index (χ0n) is 11.4. The fraction of sp³-hybridized carbons (Fsp3) is 0.714. The van der Waals surface area contributed by atoms with Crippen molar-refractivity contribution in [2.24, 2.45) is 11.3 Å². The number of rotatable bonds is 3. The first-order valence-corrected chi connectivity index (χ1v) is 7.31. The van der Waals surface area contributed by atoms with Crippen LogP contribution in [0.5, 0.6) is 0 Å². The Bertz CT molecular complexity index is 418. The topological polar surface area (TPSA) is 67.1 Å². The van der Waals surface area contributed by atoms with Crippen molar-refractivity contribution in [3.63, 3.8) is 0 Å². The Morgan fingerprint density at radius 2 is 1.95 bits per heavy atom. The molecule has 0 aromatic carbocycles. The van der Waals surface area contributed by atoms with E-state index in [1.807, 2.05) is 6.07 Å². The summed E-state index contributed by atoms with van der Waals surface area (Å²) in [4.78, 5) is 10.9. The highest BCUT2D eigenvalue weighted by Crippen LogP contribution is 2.46. The van der Waals surface area contributed by atoms with Crippen molar-refractivity contribution in [2.75, 3.05) is 18.5 Å². The molecule has 0 unspecified atom stereocenters. The van der Waals surface area contributed by atoms with Gasteiger partial charge in [0.25, 0.3) is 0 Å². The summed E-state index contributed by atoms with van der Waals surface area (Å²) in [5.74, 6) is 5.84. The van der Waals surface area contributed by atoms with Crippen LogP contribution in [-0.4, -0.2) is 28.0 Å². The minimum Gasteiger partial charge on any atom is -0.297 e. The third kappa shape index (κ3) is 2.87. The molecule has 2 aliphatic rings. The third-order valence-electron chi connectivity index (χ3n) is 4.81. The smallest absolute Gasteiger partial charge is 0.237 e. The third-order valence-corrected chi connectivity index (χ3v) is 4.81. The average molecular weight is 261 g/mol. The van der Waals surface area contributed by atoms with E-state index in [4.69, 9.17) is 5.84 Å². The summed E-state index contributed by atoms with van der Waals surface area (Å²) in [7, 11) is 0. The minimum atomic E-state index is 0.502. The van der Waals surface area contributed by atoms with Crippen LogP contribution in [0.1, 0.15) is 44.2 Å². The number of nitrogens with one attached hydrogen (secondary N) is 1. The van der Waals surface area contributed by atoms with E-state index in [1.54, 1.807) is 6.20 Å². The van der Waals surface area contributed by atoms with Gasteiger partial charge in [-0.25, -0.2) is 15.8 Å². The molecule has 0 amide bonds. The van der Waals surface area contributed by atoms with Gasteiger partial charge < -0.3 is 0 Å². The maximum absolute atomic E-state index is 5.34. The number of nitrogens with zero attached hydrogens (tertiary/aromatic N) is 3. The lowest BCUT2D eigenvalue weighted by atomic mass is 9.77. The predicted molar refractivity (Wildman–Crippen MR) is 75.3 cm³/mol. The Balaban J connectivity index is 1.56. The molecule has 19 heavy (non-hydrogen) atoms. The van der Waals surface area contributed by atoms with Crippen LogP contribution < -0.4 is 11.3 Å². The lowest BCUT2D eigenvalue weighted by molar-refractivity contribution is 0.103. The van der Waals surface area contributed by atoms with Gasteiger partial charge in [0, 0.05) is 12.7 Å². The first-order chi connectivity index (χ1) is 9.30. The molecule has 5 heteroatoms. The monoisotopic (exact) mass is 261 g/mol. The van der Waals surface area contributed by atoms with Gasteiger partial charge in [0.1, 0.15) is 0 Å². The summed E-state index contributed by atoms with van der Waals surface area (Å²) < 4.78 is 0. The van der Waals surface area contributed by atoms with E-state index >= 15 is 0 Å². The standard InChI is InChI=1S/C14H23N5/c15-18-13-16-8-3-12(17-13)11-19-9-6-14(7-10-19)4-1-2-5-14/h3,8H,1-2,4-7,9-11,15H2,(H,16,17,18). The largest absolute Gasteiger partial charge is 0.297 e. The van der Waals surface area contributed by atoms with Crippen LogP contribution in [0.25, 0.3) is 0 Å². The molecule has 3 rings (SSSR count). The molecule has 104 valence electrons. The van der Waals surface area contributed by atoms with Crippen molar-refractivity contribution >= 4 is 5.95 Å². The molecule has 1 aromatic rings. The van der Waals surface area contributed by atoms with E-state index < -0.39 is 0 Å². The molecule has 0 atom stereocenters. The molecule has 3 N–H and O–H groups in total. The Morgan fingerprint density at radius 1 is 1.21 bits per heavy atom. The van der Waals surface area contributed by atoms with E-state index in [1.165, 1.54) is 51.6 Å². The number of anilines is 1. The van der Waals surface area contributed by atoms with E-state index in [2.05, 4.69) is 20.3 Å². The molecule has 1 aromatic heterocycles. The number of hydrazine groups is 1. The SMILES string of the molecule is NNc1nccc(CN2CCC3(CCCC3)CC2)n1. The van der Waals surface area contributed by atoms with Gasteiger partial charge in [-0.15, -0.1) is 0 Å². The van der Waals surface area contributed by atoms with Gasteiger partial charge >= 0.3 is 0 Å². The summed E-state index contributed by atoms with van der Waals surface area (Å²) in [5, 5.41) is 0. The van der Waals surface area contributed by atoms with Gasteiger partial charge in [-0.2, -0.15) is 0 Å². The van der Waals surface area contributed by atoms with E-state index in [0.29, 0.717) is 11.4 Å². The van der Waals surface area contributed by atoms with E-state index in [-0.39, 0.29) is 0 Å². The van der Waals surface area contributed by atoms with Gasteiger partial charge in [0.05, 0.1) is 5.69 Å². The average Bonchev–Trinajstić information content (AvgIpc) is 2.90. The number of nitrogen functional groups attached to an aromatic ring is 1. The van der Waals surface area contributed by atoms with Crippen molar-refractivity contribution in [1.29, 1.82) is 0 Å². The summed E-state index contributed by atoms with van der Waals surface area (Å²) in [6.07, 6.45) is 10.3. The van der Waals surface area contributed by atoms with E-state index in [0.717, 1.165) is 12.2 Å². The fourth-order valence-electron chi connectivity index (χ4n) is 3.59. The maximum atomic E-state index is 5.34. The van der Waals surface area contributed by atoms with Gasteiger partial charge in [-0.1, -0.05) is 12.8 Å². The minimum absolute atomic E-state index is 0.502. The predicted octanol–water partition coefficient (Wildman–Crippen LogP) is 1.92. The molecule has 2 heterocycles. The molecular formula is C14H23N5. The van der Waals surface area contributed by atoms with Crippen LogP contribution in [0.2, 0.25) is 0 Å². The van der Waals surface area contributed by atoms with Crippen LogP contribution in [0.4, 0.5) is 5.95 Å². The molecule has 2 fully saturated rings. The van der Waals surface area contributed by atoms with Crippen molar-refractivity contribution < 1.29 is 0 Å². The first kappa shape index (κ1) is 12.8. The maximum Gasteiger partial charge on any atom is 0.237 e. The molecule has 1 aliphatic carbocycles. The van der Waals surface area contributed by atoms with Crippen molar-refractivity contribution in [1.82, 2.24) is 14.9 Å². The fourth-order valence-corrected chi connectivity index (χ4v) is 3.59. The van der Waals surface area contributed by atoms with Crippen molar-refractivity contribution in [3.8, 4) is 0 Å². The normalized spacial score (nSPS) is 22.8. The Morgan fingerprint density at radius 3 is 2.63 bits per heavy atom. The van der Waals surface area contributed by atoms with Gasteiger partial charge in [-0.05, 0) is 50.3 Å². The molecule has 1 saturated carbocycles. The number of likely N-dealkylation sites (tertiary alicyclic amines) is 1. The highest BCUT2D eigenvalue weighted by atomic mass is 15.3. The van der Waals surface area contributed by atoms with Crippen LogP contribution in [0, 0.1) is 5.41 Å². The van der Waals surface area contributed by atoms with Crippen LogP contribution in [0.3, 0.4) is 0 Å². The Kier molecular flexibility index (Phi) is 3.66. The lowest BCUT2D eigenvalue weighted by Crippen LogP contribution is -2.38. The molecule has 0 radical (unpaired) electrons. The quantitative estimate of drug-likeness (QED) is 0.643. The molecule has 1 spiro atoms. The second-order valence-electron chi connectivity index (χ2n) is 6.00. The number of nitrogens with two attached hydrogens (primary N) is 1.